The van der Waals surface area contributed by atoms with Crippen LogP contribution in [0.5, 0.6) is 0 Å². The average Bonchev–Trinajstić information content (AvgIpc) is 2.56. The quantitative estimate of drug-likeness (QED) is 0.721. The monoisotopic (exact) mass is 226 g/mol. The number of likely N-dealkylation sites (N-methyl/N-ethyl adjacent to an activating group) is 1. The van der Waals surface area contributed by atoms with E-state index in [0.717, 1.165) is 0 Å². The van der Waals surface area contributed by atoms with Gasteiger partial charge in [0, 0.05) is 6.04 Å². The van der Waals surface area contributed by atoms with Crippen LogP contribution in [0.25, 0.3) is 0 Å². The van der Waals surface area contributed by atoms with Crippen molar-refractivity contribution in [3.05, 3.63) is 0 Å². The minimum absolute atomic E-state index is 0.0896. The second kappa shape index (κ2) is 6.89. The Hall–Kier alpha value is -0.570. The Bertz CT molecular complexity index is 210. The van der Waals surface area contributed by atoms with Crippen molar-refractivity contribution in [2.24, 2.45) is 5.92 Å². The molecule has 1 aliphatic carbocycles. The Labute approximate surface area is 99.4 Å². The summed E-state index contributed by atoms with van der Waals surface area (Å²) >= 11 is 0. The van der Waals surface area contributed by atoms with Crippen LogP contribution < -0.4 is 10.6 Å². The maximum Gasteiger partial charge on any atom is 0.237 e. The van der Waals surface area contributed by atoms with Crippen LogP contribution in [-0.2, 0) is 4.79 Å². The average molecular weight is 226 g/mol. The third kappa shape index (κ3) is 4.12. The molecular weight excluding hydrogens is 200 g/mol. The fourth-order valence-electron chi connectivity index (χ4n) is 2.41. The number of carbonyl (C=O) groups excluding carboxylic acids is 1. The van der Waals surface area contributed by atoms with Gasteiger partial charge in [-0.2, -0.15) is 0 Å². The summed E-state index contributed by atoms with van der Waals surface area (Å²) in [6.07, 6.45) is 7.93. The van der Waals surface area contributed by atoms with Crippen LogP contribution in [0.1, 0.15) is 52.4 Å². The highest BCUT2D eigenvalue weighted by atomic mass is 16.2. The lowest BCUT2D eigenvalue weighted by Crippen LogP contribution is -2.46. The van der Waals surface area contributed by atoms with E-state index in [1.54, 1.807) is 0 Å². The van der Waals surface area contributed by atoms with Gasteiger partial charge in [-0.05, 0) is 39.7 Å². The van der Waals surface area contributed by atoms with Crippen LogP contribution in [0.15, 0.2) is 0 Å². The SMILES string of the molecule is CNC(C)C(=O)N[C@H](C)C1CCCCCC1. The van der Waals surface area contributed by atoms with E-state index in [4.69, 9.17) is 0 Å². The third-order valence-corrected chi connectivity index (χ3v) is 3.80. The Morgan fingerprint density at radius 1 is 1.12 bits per heavy atom. The van der Waals surface area contributed by atoms with Gasteiger partial charge in [0.25, 0.3) is 0 Å². The van der Waals surface area contributed by atoms with Crippen LogP contribution in [0.4, 0.5) is 0 Å². The normalized spacial score (nSPS) is 22.2. The Morgan fingerprint density at radius 2 is 1.69 bits per heavy atom. The van der Waals surface area contributed by atoms with Gasteiger partial charge in [-0.25, -0.2) is 0 Å². The van der Waals surface area contributed by atoms with Crippen LogP contribution in [0.2, 0.25) is 0 Å². The maximum absolute atomic E-state index is 11.7. The molecule has 0 aliphatic heterocycles. The van der Waals surface area contributed by atoms with E-state index < -0.39 is 0 Å². The Kier molecular flexibility index (Phi) is 5.81. The summed E-state index contributed by atoms with van der Waals surface area (Å²) in [4.78, 5) is 11.7. The lowest BCUT2D eigenvalue weighted by Gasteiger charge is -2.25. The fraction of sp³-hybridized carbons (Fsp3) is 0.923. The molecule has 3 heteroatoms. The van der Waals surface area contributed by atoms with Gasteiger partial charge < -0.3 is 10.6 Å². The summed E-state index contributed by atoms with van der Waals surface area (Å²) in [7, 11) is 1.82. The van der Waals surface area contributed by atoms with Crippen molar-refractivity contribution in [2.45, 2.75) is 64.5 Å². The Morgan fingerprint density at radius 3 is 2.19 bits per heavy atom. The molecule has 1 saturated carbocycles. The van der Waals surface area contributed by atoms with Gasteiger partial charge in [0.05, 0.1) is 6.04 Å². The molecule has 0 spiro atoms. The molecule has 0 aromatic rings. The molecule has 94 valence electrons. The number of nitrogens with one attached hydrogen (secondary N) is 2. The van der Waals surface area contributed by atoms with Crippen LogP contribution >= 0.6 is 0 Å². The van der Waals surface area contributed by atoms with Gasteiger partial charge in [0.2, 0.25) is 5.91 Å². The summed E-state index contributed by atoms with van der Waals surface area (Å²) in [6, 6.07) is 0.231. The third-order valence-electron chi connectivity index (χ3n) is 3.80. The molecule has 2 N–H and O–H groups in total. The summed E-state index contributed by atoms with van der Waals surface area (Å²) in [5.74, 6) is 0.801. The first-order valence-electron chi connectivity index (χ1n) is 6.62. The van der Waals surface area contributed by atoms with Gasteiger partial charge in [-0.3, -0.25) is 4.79 Å². The van der Waals surface area contributed by atoms with Gasteiger partial charge >= 0.3 is 0 Å². The van der Waals surface area contributed by atoms with Crippen molar-refractivity contribution in [1.82, 2.24) is 10.6 Å². The first kappa shape index (κ1) is 13.5. The van der Waals surface area contributed by atoms with Crippen molar-refractivity contribution in [2.75, 3.05) is 7.05 Å². The highest BCUT2D eigenvalue weighted by Crippen LogP contribution is 2.25. The number of rotatable bonds is 4. The number of hydrogen-bond acceptors (Lipinski definition) is 2. The van der Waals surface area contributed by atoms with Crippen molar-refractivity contribution in [1.29, 1.82) is 0 Å². The van der Waals surface area contributed by atoms with E-state index in [1.165, 1.54) is 38.5 Å². The highest BCUT2D eigenvalue weighted by molar-refractivity contribution is 5.81. The van der Waals surface area contributed by atoms with Crippen molar-refractivity contribution in [3.8, 4) is 0 Å². The zero-order valence-electron chi connectivity index (χ0n) is 10.9. The molecule has 3 nitrogen and oxygen atoms in total. The van der Waals surface area contributed by atoms with Gasteiger partial charge in [-0.1, -0.05) is 25.7 Å². The predicted molar refractivity (Wildman–Crippen MR) is 67.3 cm³/mol. The molecule has 1 aliphatic rings. The molecule has 1 amide bonds. The zero-order chi connectivity index (χ0) is 12.0. The molecule has 0 saturated heterocycles. The number of carbonyl (C=O) groups is 1. The van der Waals surface area contributed by atoms with Crippen LogP contribution in [0, 0.1) is 5.92 Å². The predicted octanol–water partition coefficient (Wildman–Crippen LogP) is 2.07. The highest BCUT2D eigenvalue weighted by Gasteiger charge is 2.21. The van der Waals surface area contributed by atoms with E-state index in [-0.39, 0.29) is 11.9 Å². The second-order valence-electron chi connectivity index (χ2n) is 5.06. The second-order valence-corrected chi connectivity index (χ2v) is 5.06. The van der Waals surface area contributed by atoms with Crippen LogP contribution in [0.3, 0.4) is 0 Å². The molecule has 0 aromatic carbocycles. The molecule has 0 aromatic heterocycles. The number of amides is 1. The molecule has 16 heavy (non-hydrogen) atoms. The lowest BCUT2D eigenvalue weighted by atomic mass is 9.93. The standard InChI is InChI=1S/C13H26N2O/c1-10(15-13(16)11(2)14-3)12-8-6-4-5-7-9-12/h10-12,14H,4-9H2,1-3H3,(H,15,16)/t10-,11?/m1/s1. The van der Waals surface area contributed by atoms with Gasteiger partial charge in [0.1, 0.15) is 0 Å². The summed E-state index contributed by atoms with van der Waals surface area (Å²) in [5, 5.41) is 6.10. The molecule has 1 rings (SSSR count). The van der Waals surface area contributed by atoms with Gasteiger partial charge in [0.15, 0.2) is 0 Å². The topological polar surface area (TPSA) is 41.1 Å². The minimum atomic E-state index is -0.0896. The lowest BCUT2D eigenvalue weighted by molar-refractivity contribution is -0.123. The maximum atomic E-state index is 11.7. The van der Waals surface area contributed by atoms with Crippen molar-refractivity contribution in [3.63, 3.8) is 0 Å². The first-order valence-corrected chi connectivity index (χ1v) is 6.62. The van der Waals surface area contributed by atoms with Crippen LogP contribution in [-0.4, -0.2) is 25.0 Å². The number of hydrogen-bond donors (Lipinski definition) is 2. The fourth-order valence-corrected chi connectivity index (χ4v) is 2.41. The van der Waals surface area contributed by atoms with Crippen molar-refractivity contribution >= 4 is 5.91 Å². The van der Waals surface area contributed by atoms with E-state index in [1.807, 2.05) is 14.0 Å². The zero-order valence-corrected chi connectivity index (χ0v) is 10.9. The van der Waals surface area contributed by atoms with Crippen molar-refractivity contribution < 1.29 is 4.79 Å². The van der Waals surface area contributed by atoms with E-state index >= 15 is 0 Å². The van der Waals surface area contributed by atoms with E-state index in [0.29, 0.717) is 12.0 Å². The minimum Gasteiger partial charge on any atom is -0.352 e. The first-order chi connectivity index (χ1) is 7.65. The Balaban J connectivity index is 2.37. The smallest absolute Gasteiger partial charge is 0.237 e. The molecule has 1 fully saturated rings. The molecule has 2 atom stereocenters. The largest absolute Gasteiger partial charge is 0.352 e. The summed E-state index contributed by atoms with van der Waals surface area (Å²) < 4.78 is 0. The van der Waals surface area contributed by atoms with E-state index in [9.17, 15) is 4.79 Å². The molecule has 0 radical (unpaired) electrons. The summed E-state index contributed by atoms with van der Waals surface area (Å²) in [6.45, 7) is 4.05. The summed E-state index contributed by atoms with van der Waals surface area (Å²) in [5.41, 5.74) is 0. The van der Waals surface area contributed by atoms with E-state index in [2.05, 4.69) is 17.6 Å². The molecule has 0 bridgehead atoms. The molecule has 1 unspecified atom stereocenters. The molecule has 0 heterocycles. The molecular formula is C13H26N2O. The van der Waals surface area contributed by atoms with Gasteiger partial charge in [-0.15, -0.1) is 0 Å².